The molecule has 2 rings (SSSR count). The van der Waals surface area contributed by atoms with Gasteiger partial charge in [-0.05, 0) is 38.1 Å². The predicted molar refractivity (Wildman–Crippen MR) is 92.5 cm³/mol. The lowest BCUT2D eigenvalue weighted by Gasteiger charge is -2.18. The summed E-state index contributed by atoms with van der Waals surface area (Å²) >= 11 is 0. The van der Waals surface area contributed by atoms with Crippen LogP contribution in [0.3, 0.4) is 0 Å². The van der Waals surface area contributed by atoms with Gasteiger partial charge in [-0.15, -0.1) is 0 Å². The zero-order valence-electron chi connectivity index (χ0n) is 14.2. The molecule has 9 heteroatoms. The maximum Gasteiger partial charge on any atom is 0.304 e. The first-order valence-electron chi connectivity index (χ1n) is 7.88. The lowest BCUT2D eigenvalue weighted by Crippen LogP contribution is -2.30. The molecule has 136 valence electrons. The molecule has 1 aromatic carbocycles. The standard InChI is InChI=1S/C17H17FN4O4/c1-3-21(4-2)17(24)12-6-8-15(19-10-12)20-16(23)11-5-7-14(22(25)26)13(18)9-11/h5-10H,3-4H2,1-2H3,(H,19,20,23). The molecule has 0 fully saturated rings. The first-order valence-corrected chi connectivity index (χ1v) is 7.88. The minimum Gasteiger partial charge on any atom is -0.339 e. The van der Waals surface area contributed by atoms with E-state index in [4.69, 9.17) is 0 Å². The Hall–Kier alpha value is -3.36. The van der Waals surface area contributed by atoms with Crippen molar-refractivity contribution in [3.05, 3.63) is 63.6 Å². The van der Waals surface area contributed by atoms with Gasteiger partial charge in [-0.25, -0.2) is 4.98 Å². The third-order valence-corrected chi connectivity index (χ3v) is 3.71. The Morgan fingerprint density at radius 2 is 1.85 bits per heavy atom. The summed E-state index contributed by atoms with van der Waals surface area (Å²) in [6.07, 6.45) is 1.34. The van der Waals surface area contributed by atoms with E-state index in [0.717, 1.165) is 18.2 Å². The van der Waals surface area contributed by atoms with Crippen LogP contribution in [0, 0.1) is 15.9 Å². The van der Waals surface area contributed by atoms with Crippen molar-refractivity contribution in [2.75, 3.05) is 18.4 Å². The van der Waals surface area contributed by atoms with Crippen LogP contribution in [0.1, 0.15) is 34.6 Å². The number of benzene rings is 1. The lowest BCUT2D eigenvalue weighted by atomic mass is 10.2. The molecular weight excluding hydrogens is 343 g/mol. The van der Waals surface area contributed by atoms with Gasteiger partial charge < -0.3 is 10.2 Å². The van der Waals surface area contributed by atoms with Crippen LogP contribution in [-0.2, 0) is 0 Å². The molecule has 0 aliphatic heterocycles. The number of rotatable bonds is 6. The van der Waals surface area contributed by atoms with E-state index in [-0.39, 0.29) is 17.3 Å². The van der Waals surface area contributed by atoms with Crippen molar-refractivity contribution in [2.45, 2.75) is 13.8 Å². The van der Waals surface area contributed by atoms with E-state index >= 15 is 0 Å². The van der Waals surface area contributed by atoms with E-state index in [1.165, 1.54) is 18.3 Å². The van der Waals surface area contributed by atoms with Crippen LogP contribution in [0.25, 0.3) is 0 Å². The molecule has 1 N–H and O–H groups in total. The highest BCUT2D eigenvalue weighted by Crippen LogP contribution is 2.18. The summed E-state index contributed by atoms with van der Waals surface area (Å²) in [6, 6.07) is 5.83. The number of nitrogens with one attached hydrogen (secondary N) is 1. The van der Waals surface area contributed by atoms with Gasteiger partial charge in [0.2, 0.25) is 5.82 Å². The molecule has 1 heterocycles. The van der Waals surface area contributed by atoms with Gasteiger partial charge >= 0.3 is 5.69 Å². The number of carbonyl (C=O) groups is 2. The fourth-order valence-electron chi connectivity index (χ4n) is 2.27. The summed E-state index contributed by atoms with van der Waals surface area (Å²) in [5.74, 6) is -1.77. The Morgan fingerprint density at radius 1 is 1.19 bits per heavy atom. The normalized spacial score (nSPS) is 10.3. The predicted octanol–water partition coefficient (Wildman–Crippen LogP) is 2.86. The van der Waals surface area contributed by atoms with Crippen molar-refractivity contribution in [3.63, 3.8) is 0 Å². The van der Waals surface area contributed by atoms with Gasteiger partial charge in [0.25, 0.3) is 11.8 Å². The second-order valence-electron chi connectivity index (χ2n) is 5.29. The van der Waals surface area contributed by atoms with Gasteiger partial charge in [-0.3, -0.25) is 19.7 Å². The maximum atomic E-state index is 13.6. The number of aromatic nitrogens is 1. The molecule has 0 unspecified atom stereocenters. The van der Waals surface area contributed by atoms with Crippen molar-refractivity contribution in [1.29, 1.82) is 0 Å². The quantitative estimate of drug-likeness (QED) is 0.630. The SMILES string of the molecule is CCN(CC)C(=O)c1ccc(NC(=O)c2ccc([N+](=O)[O-])c(F)c2)nc1. The monoisotopic (exact) mass is 360 g/mol. The van der Waals surface area contributed by atoms with Gasteiger partial charge in [0, 0.05) is 30.9 Å². The molecular formula is C17H17FN4O4. The van der Waals surface area contributed by atoms with E-state index in [1.54, 1.807) is 4.90 Å². The number of carbonyl (C=O) groups excluding carboxylic acids is 2. The van der Waals surface area contributed by atoms with E-state index in [9.17, 15) is 24.1 Å². The van der Waals surface area contributed by atoms with E-state index in [2.05, 4.69) is 10.3 Å². The third kappa shape index (κ3) is 4.18. The first-order chi connectivity index (χ1) is 12.4. The first kappa shape index (κ1) is 19.0. The molecule has 0 spiro atoms. The minimum absolute atomic E-state index is 0.0850. The number of nitrogens with zero attached hydrogens (tertiary/aromatic N) is 3. The number of nitro groups is 1. The molecule has 0 saturated carbocycles. The lowest BCUT2D eigenvalue weighted by molar-refractivity contribution is -0.387. The molecule has 8 nitrogen and oxygen atoms in total. The van der Waals surface area contributed by atoms with Gasteiger partial charge in [-0.2, -0.15) is 4.39 Å². The zero-order valence-corrected chi connectivity index (χ0v) is 14.2. The second kappa shape index (κ2) is 8.15. The summed E-state index contributed by atoms with van der Waals surface area (Å²) < 4.78 is 13.6. The van der Waals surface area contributed by atoms with Crippen LogP contribution < -0.4 is 5.32 Å². The Bertz CT molecular complexity index is 835. The number of nitro benzene ring substituents is 1. The largest absolute Gasteiger partial charge is 0.339 e. The number of pyridine rings is 1. The highest BCUT2D eigenvalue weighted by molar-refractivity contribution is 6.04. The summed E-state index contributed by atoms with van der Waals surface area (Å²) in [5, 5.41) is 13.0. The average Bonchev–Trinajstić information content (AvgIpc) is 2.62. The van der Waals surface area contributed by atoms with E-state index in [0.29, 0.717) is 18.7 Å². The van der Waals surface area contributed by atoms with Gasteiger partial charge in [0.05, 0.1) is 10.5 Å². The number of anilines is 1. The fourth-order valence-corrected chi connectivity index (χ4v) is 2.27. The molecule has 0 aliphatic rings. The number of halogens is 1. The number of hydrogen-bond acceptors (Lipinski definition) is 5. The van der Waals surface area contributed by atoms with Crippen molar-refractivity contribution >= 4 is 23.3 Å². The van der Waals surface area contributed by atoms with Crippen molar-refractivity contribution in [2.24, 2.45) is 0 Å². The Labute approximate surface area is 148 Å². The van der Waals surface area contributed by atoms with Crippen molar-refractivity contribution in [3.8, 4) is 0 Å². The molecule has 2 aromatic rings. The summed E-state index contributed by atoms with van der Waals surface area (Å²) in [6.45, 7) is 4.87. The Morgan fingerprint density at radius 3 is 2.35 bits per heavy atom. The molecule has 0 aliphatic carbocycles. The number of amides is 2. The third-order valence-electron chi connectivity index (χ3n) is 3.71. The van der Waals surface area contributed by atoms with Crippen LogP contribution in [0.4, 0.5) is 15.9 Å². The van der Waals surface area contributed by atoms with Crippen LogP contribution in [-0.4, -0.2) is 39.7 Å². The maximum absolute atomic E-state index is 13.6. The zero-order chi connectivity index (χ0) is 19.3. The molecule has 0 saturated heterocycles. The molecule has 2 amide bonds. The summed E-state index contributed by atoms with van der Waals surface area (Å²) in [5.41, 5.74) is -0.412. The van der Waals surface area contributed by atoms with Crippen molar-refractivity contribution in [1.82, 2.24) is 9.88 Å². The topological polar surface area (TPSA) is 105 Å². The smallest absolute Gasteiger partial charge is 0.304 e. The average molecular weight is 360 g/mol. The van der Waals surface area contributed by atoms with Gasteiger partial charge in [-0.1, -0.05) is 0 Å². The number of hydrogen-bond donors (Lipinski definition) is 1. The van der Waals surface area contributed by atoms with Crippen LogP contribution >= 0.6 is 0 Å². The molecule has 1 aromatic heterocycles. The fraction of sp³-hybridized carbons (Fsp3) is 0.235. The van der Waals surface area contributed by atoms with Gasteiger partial charge in [0.1, 0.15) is 5.82 Å². The van der Waals surface area contributed by atoms with E-state index < -0.39 is 22.3 Å². The highest BCUT2D eigenvalue weighted by Gasteiger charge is 2.17. The Balaban J connectivity index is 2.11. The summed E-state index contributed by atoms with van der Waals surface area (Å²) in [4.78, 5) is 39.7. The van der Waals surface area contributed by atoms with E-state index in [1.807, 2.05) is 13.8 Å². The molecule has 0 bridgehead atoms. The Kier molecular flexibility index (Phi) is 5.94. The molecule has 0 radical (unpaired) electrons. The second-order valence-corrected chi connectivity index (χ2v) is 5.29. The van der Waals surface area contributed by atoms with Crippen LogP contribution in [0.15, 0.2) is 36.5 Å². The molecule has 0 atom stereocenters. The summed E-state index contributed by atoms with van der Waals surface area (Å²) in [7, 11) is 0. The van der Waals surface area contributed by atoms with Gasteiger partial charge in [0.15, 0.2) is 0 Å². The van der Waals surface area contributed by atoms with Crippen molar-refractivity contribution < 1.29 is 18.9 Å². The minimum atomic E-state index is -1.10. The van der Waals surface area contributed by atoms with Crippen LogP contribution in [0.2, 0.25) is 0 Å². The van der Waals surface area contributed by atoms with Crippen LogP contribution in [0.5, 0.6) is 0 Å². The molecule has 26 heavy (non-hydrogen) atoms. The highest BCUT2D eigenvalue weighted by atomic mass is 19.1.